The van der Waals surface area contributed by atoms with Gasteiger partial charge in [0.2, 0.25) is 0 Å². The summed E-state index contributed by atoms with van der Waals surface area (Å²) in [6.07, 6.45) is 0.249. The fraction of sp³-hybridized carbons (Fsp3) is 0.750. The van der Waals surface area contributed by atoms with Gasteiger partial charge in [0, 0.05) is 6.42 Å². The Morgan fingerprint density at radius 2 is 2.12 bits per heavy atom. The van der Waals surface area contributed by atoms with Gasteiger partial charge in [-0.2, -0.15) is 0 Å². The Kier molecular flexibility index (Phi) is 10.5. The van der Waals surface area contributed by atoms with Crippen molar-refractivity contribution in [2.75, 3.05) is 6.61 Å². The number of aliphatic carboxylic acids is 1. The quantitative estimate of drug-likeness (QED) is 0.395. The van der Waals surface area contributed by atoms with Crippen LogP contribution in [0.5, 0.6) is 0 Å². The maximum absolute atomic E-state index is 9.62. The molecule has 0 saturated carbocycles. The van der Waals surface area contributed by atoms with Gasteiger partial charge >= 0.3 is 35.5 Å². The second-order valence-electron chi connectivity index (χ2n) is 1.20. The third-order valence-electron chi connectivity index (χ3n) is 0.535. The van der Waals surface area contributed by atoms with Crippen LogP contribution in [-0.2, 0) is 4.79 Å². The molecule has 0 fully saturated rings. The van der Waals surface area contributed by atoms with E-state index in [1.165, 1.54) is 0 Å². The van der Waals surface area contributed by atoms with Gasteiger partial charge in [0.15, 0.2) is 0 Å². The van der Waals surface area contributed by atoms with Gasteiger partial charge in [-0.3, -0.25) is 4.79 Å². The molecule has 0 aliphatic carbocycles. The van der Waals surface area contributed by atoms with Crippen LogP contribution >= 0.6 is 0 Å². The van der Waals surface area contributed by atoms with Crippen molar-refractivity contribution in [2.24, 2.45) is 0 Å². The van der Waals surface area contributed by atoms with Crippen LogP contribution in [0, 0.1) is 0 Å². The number of carboxylic acids is 1. The Morgan fingerprint density at radius 3 is 2.25 bits per heavy atom. The maximum atomic E-state index is 9.62. The van der Waals surface area contributed by atoms with Crippen molar-refractivity contribution < 1.29 is 44.6 Å². The van der Waals surface area contributed by atoms with Crippen molar-refractivity contribution in [1.29, 1.82) is 0 Å². The number of rotatable bonds is 3. The van der Waals surface area contributed by atoms with Gasteiger partial charge in [-0.1, -0.05) is 6.42 Å². The van der Waals surface area contributed by atoms with Gasteiger partial charge < -0.3 is 10.2 Å². The predicted molar refractivity (Wildman–Crippen MR) is 21.7 cm³/mol. The summed E-state index contributed by atoms with van der Waals surface area (Å²) in [4.78, 5) is 9.62. The Bertz CT molecular complexity index is 64.3. The molecule has 0 aromatic heterocycles. The normalized spacial score (nSPS) is 7.62. The smallest absolute Gasteiger partial charge is 0.854 e. The molecule has 0 heterocycles. The van der Waals surface area contributed by atoms with Gasteiger partial charge in [0.25, 0.3) is 0 Å². The minimum absolute atomic E-state index is 0. The summed E-state index contributed by atoms with van der Waals surface area (Å²) in [5, 5.41) is 17.5. The topological polar surface area (TPSA) is 60.4 Å². The molecule has 0 atom stereocenters. The van der Waals surface area contributed by atoms with Gasteiger partial charge in [0.05, 0.1) is 0 Å². The molecule has 0 spiro atoms. The summed E-state index contributed by atoms with van der Waals surface area (Å²) < 4.78 is 0. The molecule has 0 aromatic rings. The first-order valence-electron chi connectivity index (χ1n) is 2.07. The van der Waals surface area contributed by atoms with Crippen LogP contribution in [0.3, 0.4) is 0 Å². The molecule has 4 heteroatoms. The maximum Gasteiger partial charge on any atom is 1.00 e. The summed E-state index contributed by atoms with van der Waals surface area (Å²) in [6.45, 7) is -0.285. The largest absolute Gasteiger partial charge is 1.00 e. The van der Waals surface area contributed by atoms with Crippen molar-refractivity contribution in [3.05, 3.63) is 0 Å². The molecule has 0 aliphatic rings. The minimum atomic E-state index is -0.893. The Labute approximate surface area is 70.0 Å². The number of hydrogen-bond donors (Lipinski definition) is 1. The summed E-state index contributed by atoms with van der Waals surface area (Å²) in [5.74, 6) is -0.893. The summed E-state index contributed by atoms with van der Waals surface area (Å²) in [6, 6.07) is 0. The van der Waals surface area contributed by atoms with E-state index in [1.54, 1.807) is 0 Å². The zero-order valence-corrected chi connectivity index (χ0v) is 6.89. The SMILES string of the molecule is O=C(O)CCC[O-].[Na+]. The molecule has 0 radical (unpaired) electrons. The summed E-state index contributed by atoms with van der Waals surface area (Å²) in [7, 11) is 0. The average Bonchev–Trinajstić information content (AvgIpc) is 1.61. The third kappa shape index (κ3) is 9.66. The first-order chi connectivity index (χ1) is 3.27. The van der Waals surface area contributed by atoms with Crippen LogP contribution in [0.2, 0.25) is 0 Å². The van der Waals surface area contributed by atoms with Crippen molar-refractivity contribution >= 4 is 5.97 Å². The van der Waals surface area contributed by atoms with Gasteiger partial charge in [-0.05, 0) is 0 Å². The second kappa shape index (κ2) is 7.43. The molecule has 0 rings (SSSR count). The van der Waals surface area contributed by atoms with E-state index in [4.69, 9.17) is 5.11 Å². The Hall–Kier alpha value is 0.430. The second-order valence-corrected chi connectivity index (χ2v) is 1.20. The van der Waals surface area contributed by atoms with Crippen LogP contribution in [0.1, 0.15) is 12.8 Å². The van der Waals surface area contributed by atoms with Crippen LogP contribution in [0.25, 0.3) is 0 Å². The monoisotopic (exact) mass is 126 g/mol. The molecule has 0 aromatic carbocycles. The molecule has 0 bridgehead atoms. The van der Waals surface area contributed by atoms with Crippen LogP contribution < -0.4 is 34.7 Å². The molecule has 1 N–H and O–H groups in total. The van der Waals surface area contributed by atoms with E-state index < -0.39 is 5.97 Å². The van der Waals surface area contributed by atoms with E-state index in [1.807, 2.05) is 0 Å². The minimum Gasteiger partial charge on any atom is -0.854 e. The van der Waals surface area contributed by atoms with Crippen molar-refractivity contribution in [3.8, 4) is 0 Å². The molecule has 0 amide bonds. The van der Waals surface area contributed by atoms with Gasteiger partial charge in [-0.15, -0.1) is 6.61 Å². The zero-order chi connectivity index (χ0) is 5.70. The fourth-order valence-electron chi connectivity index (χ4n) is 0.223. The number of carbonyl (C=O) groups is 1. The molecular formula is C4H7NaO3. The van der Waals surface area contributed by atoms with Gasteiger partial charge in [0.1, 0.15) is 0 Å². The van der Waals surface area contributed by atoms with E-state index in [9.17, 15) is 9.90 Å². The Morgan fingerprint density at radius 1 is 1.62 bits per heavy atom. The first kappa shape index (κ1) is 11.3. The third-order valence-corrected chi connectivity index (χ3v) is 0.535. The van der Waals surface area contributed by atoms with Crippen LogP contribution in [-0.4, -0.2) is 17.7 Å². The van der Waals surface area contributed by atoms with Crippen molar-refractivity contribution in [1.82, 2.24) is 0 Å². The summed E-state index contributed by atoms with van der Waals surface area (Å²) >= 11 is 0. The Balaban J connectivity index is 0. The molecule has 0 unspecified atom stereocenters. The fourth-order valence-corrected chi connectivity index (χ4v) is 0.223. The first-order valence-corrected chi connectivity index (χ1v) is 2.07. The van der Waals surface area contributed by atoms with Crippen molar-refractivity contribution in [2.45, 2.75) is 12.8 Å². The van der Waals surface area contributed by atoms with Crippen LogP contribution in [0.15, 0.2) is 0 Å². The van der Waals surface area contributed by atoms with E-state index in [-0.39, 0.29) is 49.0 Å². The standard InChI is InChI=1S/C4H7O3.Na/c5-3-1-2-4(6)7;/h1-3H2,(H,6,7);/q-1;+1. The average molecular weight is 126 g/mol. The molecule has 0 aliphatic heterocycles. The van der Waals surface area contributed by atoms with Gasteiger partial charge in [-0.25, -0.2) is 0 Å². The van der Waals surface area contributed by atoms with E-state index in [2.05, 4.69) is 0 Å². The number of hydrogen-bond acceptors (Lipinski definition) is 2. The summed E-state index contributed by atoms with van der Waals surface area (Å²) in [5.41, 5.74) is 0. The molecule has 3 nitrogen and oxygen atoms in total. The van der Waals surface area contributed by atoms with E-state index >= 15 is 0 Å². The zero-order valence-electron chi connectivity index (χ0n) is 4.89. The molecule has 42 valence electrons. The van der Waals surface area contributed by atoms with Crippen molar-refractivity contribution in [3.63, 3.8) is 0 Å². The predicted octanol–water partition coefficient (Wildman–Crippen LogP) is -3.78. The van der Waals surface area contributed by atoms with E-state index in [0.29, 0.717) is 0 Å². The molecular weight excluding hydrogens is 119 g/mol. The van der Waals surface area contributed by atoms with Crippen LogP contribution in [0.4, 0.5) is 0 Å². The molecule has 0 saturated heterocycles. The van der Waals surface area contributed by atoms with E-state index in [0.717, 1.165) is 0 Å². The molecule has 8 heavy (non-hydrogen) atoms. The number of carboxylic acid groups (broad SMARTS) is 1.